The Hall–Kier alpha value is -1.56. The summed E-state index contributed by atoms with van der Waals surface area (Å²) in [6, 6.07) is 6.02. The van der Waals surface area contributed by atoms with Crippen LogP contribution in [0.5, 0.6) is 5.75 Å². The average molecular weight is 335 g/mol. The Kier molecular flexibility index (Phi) is 5.20. The van der Waals surface area contributed by atoms with E-state index in [-0.39, 0.29) is 0 Å². The molecule has 0 aromatic heterocycles. The molecule has 0 radical (unpaired) electrons. The summed E-state index contributed by atoms with van der Waals surface area (Å²) in [7, 11) is 0.834. The molecule has 3 rings (SSSR count). The van der Waals surface area contributed by atoms with Crippen LogP contribution in [0.4, 0.5) is 5.69 Å². The van der Waals surface area contributed by atoms with Crippen LogP contribution in [0.25, 0.3) is 0 Å². The Morgan fingerprint density at radius 2 is 2.26 bits per heavy atom. The van der Waals surface area contributed by atoms with Gasteiger partial charge in [0.2, 0.25) is 0 Å². The number of rotatable bonds is 7. The Bertz CT molecular complexity index is 614. The van der Waals surface area contributed by atoms with Gasteiger partial charge in [-0.3, -0.25) is 9.30 Å². The minimum Gasteiger partial charge on any atom is -0.485 e. The summed E-state index contributed by atoms with van der Waals surface area (Å²) < 4.78 is 19.8. The lowest BCUT2D eigenvalue weighted by Crippen LogP contribution is -2.26. The fraction of sp³-hybridized carbons (Fsp3) is 0.588. The van der Waals surface area contributed by atoms with Crippen molar-refractivity contribution in [2.75, 3.05) is 37.3 Å². The number of nitrogens with one attached hydrogen (secondary N) is 1. The number of ether oxygens (including phenoxy) is 1. The van der Waals surface area contributed by atoms with E-state index in [0.29, 0.717) is 6.61 Å². The molecule has 0 bridgehead atoms. The molecule has 23 heavy (non-hydrogen) atoms. The maximum atomic E-state index is 11.9. The normalized spacial score (nSPS) is 18.8. The summed E-state index contributed by atoms with van der Waals surface area (Å²) in [5.74, 6) is 2.53. The maximum absolute atomic E-state index is 11.9. The van der Waals surface area contributed by atoms with Crippen LogP contribution in [-0.4, -0.2) is 43.0 Å². The molecule has 1 unspecified atom stereocenters. The van der Waals surface area contributed by atoms with Gasteiger partial charge in [-0.1, -0.05) is 25.3 Å². The second-order valence-corrected chi connectivity index (χ2v) is 7.62. The SMILES string of the molecule is CN(c1cccc(OCC2=NCCN2)c1CC1CCC1)S(C)=O. The fourth-order valence-corrected chi connectivity index (χ4v) is 3.45. The van der Waals surface area contributed by atoms with Gasteiger partial charge in [0.15, 0.2) is 0 Å². The summed E-state index contributed by atoms with van der Waals surface area (Å²) >= 11 is 0. The lowest BCUT2D eigenvalue weighted by atomic mass is 9.80. The van der Waals surface area contributed by atoms with E-state index in [2.05, 4.69) is 10.3 Å². The van der Waals surface area contributed by atoms with Gasteiger partial charge in [-0.2, -0.15) is 0 Å². The number of amidine groups is 1. The van der Waals surface area contributed by atoms with Gasteiger partial charge in [0.25, 0.3) is 0 Å². The van der Waals surface area contributed by atoms with Gasteiger partial charge >= 0.3 is 0 Å². The van der Waals surface area contributed by atoms with E-state index in [9.17, 15) is 4.21 Å². The van der Waals surface area contributed by atoms with Crippen LogP contribution in [0, 0.1) is 5.92 Å². The van der Waals surface area contributed by atoms with Crippen LogP contribution >= 0.6 is 0 Å². The van der Waals surface area contributed by atoms with Crippen molar-refractivity contribution in [1.82, 2.24) is 5.32 Å². The molecule has 0 saturated heterocycles. The Labute approximate surface area is 140 Å². The molecule has 126 valence electrons. The van der Waals surface area contributed by atoms with E-state index in [0.717, 1.165) is 42.7 Å². The van der Waals surface area contributed by atoms with Gasteiger partial charge in [0.1, 0.15) is 29.2 Å². The summed E-state index contributed by atoms with van der Waals surface area (Å²) in [5.41, 5.74) is 2.19. The molecule has 1 aliphatic carbocycles. The van der Waals surface area contributed by atoms with E-state index < -0.39 is 11.0 Å². The van der Waals surface area contributed by atoms with Crippen molar-refractivity contribution in [3.63, 3.8) is 0 Å². The first-order valence-corrected chi connectivity index (χ1v) is 9.76. The van der Waals surface area contributed by atoms with Crippen LogP contribution in [0.15, 0.2) is 23.2 Å². The molecule has 1 aromatic carbocycles. The number of benzene rings is 1. The Balaban J connectivity index is 1.83. The topological polar surface area (TPSA) is 53.9 Å². The molecular weight excluding hydrogens is 310 g/mol. The molecule has 2 aliphatic rings. The molecule has 1 aliphatic heterocycles. The molecule has 0 spiro atoms. The molecule has 1 aromatic rings. The van der Waals surface area contributed by atoms with Crippen LogP contribution in [0.2, 0.25) is 0 Å². The molecule has 1 saturated carbocycles. The van der Waals surface area contributed by atoms with Crippen molar-refractivity contribution >= 4 is 22.5 Å². The molecule has 1 heterocycles. The van der Waals surface area contributed by atoms with Crippen LogP contribution in [0.3, 0.4) is 0 Å². The van der Waals surface area contributed by atoms with E-state index >= 15 is 0 Å². The Morgan fingerprint density at radius 1 is 1.43 bits per heavy atom. The third-order valence-electron chi connectivity index (χ3n) is 4.66. The van der Waals surface area contributed by atoms with E-state index in [1.54, 1.807) is 6.26 Å². The number of anilines is 1. The summed E-state index contributed by atoms with van der Waals surface area (Å²) in [4.78, 5) is 4.38. The van der Waals surface area contributed by atoms with Gasteiger partial charge in [0.05, 0.1) is 12.2 Å². The molecule has 1 N–H and O–H groups in total. The fourth-order valence-electron chi connectivity index (χ4n) is 3.00. The monoisotopic (exact) mass is 335 g/mol. The van der Waals surface area contributed by atoms with Crippen molar-refractivity contribution in [3.8, 4) is 5.75 Å². The molecule has 6 heteroatoms. The van der Waals surface area contributed by atoms with Gasteiger partial charge in [-0.05, 0) is 24.5 Å². The number of hydrogen-bond donors (Lipinski definition) is 1. The highest BCUT2D eigenvalue weighted by molar-refractivity contribution is 7.85. The molecular formula is C17H25N3O2S. The summed E-state index contributed by atoms with van der Waals surface area (Å²) in [5, 5.41) is 3.23. The van der Waals surface area contributed by atoms with E-state index in [1.165, 1.54) is 24.8 Å². The van der Waals surface area contributed by atoms with Crippen molar-refractivity contribution in [2.24, 2.45) is 10.9 Å². The van der Waals surface area contributed by atoms with Crippen LogP contribution in [0.1, 0.15) is 24.8 Å². The lowest BCUT2D eigenvalue weighted by Gasteiger charge is -2.29. The molecule has 0 amide bonds. The standard InChI is InChI=1S/C17H25N3O2S/c1-20(23(2)21)15-7-4-8-16(14(15)11-13-5-3-6-13)22-12-17-18-9-10-19-17/h4,7-8,13H,3,5-6,9-12H2,1-2H3,(H,18,19). The zero-order valence-corrected chi connectivity index (χ0v) is 14.7. The Morgan fingerprint density at radius 3 is 2.87 bits per heavy atom. The highest BCUT2D eigenvalue weighted by Crippen LogP contribution is 2.37. The van der Waals surface area contributed by atoms with Crippen molar-refractivity contribution < 1.29 is 8.95 Å². The van der Waals surface area contributed by atoms with Gasteiger partial charge in [-0.15, -0.1) is 0 Å². The van der Waals surface area contributed by atoms with Gasteiger partial charge in [-0.25, -0.2) is 4.21 Å². The zero-order valence-electron chi connectivity index (χ0n) is 13.9. The van der Waals surface area contributed by atoms with E-state index in [1.807, 2.05) is 29.6 Å². The number of aliphatic imine (C=N–C) groups is 1. The number of nitrogens with zero attached hydrogens (tertiary/aromatic N) is 2. The lowest BCUT2D eigenvalue weighted by molar-refractivity contribution is 0.306. The number of hydrogen-bond acceptors (Lipinski definition) is 4. The van der Waals surface area contributed by atoms with Crippen molar-refractivity contribution in [2.45, 2.75) is 25.7 Å². The predicted octanol–water partition coefficient (Wildman–Crippen LogP) is 2.14. The third-order valence-corrected chi connectivity index (χ3v) is 5.63. The minimum atomic E-state index is -1.04. The maximum Gasteiger partial charge on any atom is 0.145 e. The molecule has 5 nitrogen and oxygen atoms in total. The van der Waals surface area contributed by atoms with Crippen molar-refractivity contribution in [1.29, 1.82) is 0 Å². The first kappa shape index (κ1) is 16.3. The largest absolute Gasteiger partial charge is 0.485 e. The quantitative estimate of drug-likeness (QED) is 0.830. The first-order valence-electron chi connectivity index (χ1n) is 8.24. The minimum absolute atomic E-state index is 0.472. The second kappa shape index (κ2) is 7.34. The second-order valence-electron chi connectivity index (χ2n) is 6.22. The summed E-state index contributed by atoms with van der Waals surface area (Å²) in [6.07, 6.45) is 6.58. The highest BCUT2D eigenvalue weighted by atomic mass is 32.2. The van der Waals surface area contributed by atoms with Crippen LogP contribution < -0.4 is 14.4 Å². The van der Waals surface area contributed by atoms with E-state index in [4.69, 9.17) is 4.74 Å². The third kappa shape index (κ3) is 3.86. The first-order chi connectivity index (χ1) is 11.1. The van der Waals surface area contributed by atoms with Crippen molar-refractivity contribution in [3.05, 3.63) is 23.8 Å². The molecule has 1 atom stereocenters. The van der Waals surface area contributed by atoms with Crippen LogP contribution in [-0.2, 0) is 17.4 Å². The smallest absolute Gasteiger partial charge is 0.145 e. The van der Waals surface area contributed by atoms with Gasteiger partial charge in [0, 0.05) is 25.4 Å². The average Bonchev–Trinajstić information content (AvgIpc) is 3.01. The highest BCUT2D eigenvalue weighted by Gasteiger charge is 2.23. The zero-order chi connectivity index (χ0) is 16.2. The molecule has 1 fully saturated rings. The van der Waals surface area contributed by atoms with Gasteiger partial charge < -0.3 is 10.1 Å². The summed E-state index contributed by atoms with van der Waals surface area (Å²) in [6.45, 7) is 2.19. The predicted molar refractivity (Wildman–Crippen MR) is 95.8 cm³/mol.